The van der Waals surface area contributed by atoms with Crippen LogP contribution in [0.4, 0.5) is 8.78 Å². The van der Waals surface area contributed by atoms with Crippen molar-refractivity contribution in [3.8, 4) is 11.8 Å². The molecule has 1 heterocycles. The first-order chi connectivity index (χ1) is 10.1. The molecule has 0 spiro atoms. The molecule has 0 aliphatic heterocycles. The van der Waals surface area contributed by atoms with Crippen molar-refractivity contribution in [2.45, 2.75) is 12.5 Å². The van der Waals surface area contributed by atoms with E-state index in [4.69, 9.17) is 0 Å². The van der Waals surface area contributed by atoms with Gasteiger partial charge >= 0.3 is 6.61 Å². The van der Waals surface area contributed by atoms with Crippen LogP contribution in [0.2, 0.25) is 0 Å². The first kappa shape index (κ1) is 14.6. The molecule has 1 unspecified atom stereocenters. The third kappa shape index (κ3) is 3.60. The molecule has 4 nitrogen and oxygen atoms in total. The van der Waals surface area contributed by atoms with Gasteiger partial charge in [0, 0.05) is 18.0 Å². The van der Waals surface area contributed by atoms with Crippen LogP contribution in [0.15, 0.2) is 48.8 Å². The van der Waals surface area contributed by atoms with Crippen molar-refractivity contribution >= 4 is 5.78 Å². The van der Waals surface area contributed by atoms with Crippen molar-refractivity contribution in [1.82, 2.24) is 4.98 Å². The Hall–Kier alpha value is -2.81. The summed E-state index contributed by atoms with van der Waals surface area (Å²) in [6, 6.07) is 10.5. The standard InChI is InChI=1S/C15H10F2N2O2/c16-15(17)21-12-5-1-3-10(7-12)14(20)13(8-18)11-4-2-6-19-9-11/h1-7,9,13,15H. The SMILES string of the molecule is N#CC(C(=O)c1cccc(OC(F)F)c1)c1cccnc1. The summed E-state index contributed by atoms with van der Waals surface area (Å²) < 4.78 is 28.6. The predicted octanol–water partition coefficient (Wildman–Crippen LogP) is 3.17. The van der Waals surface area contributed by atoms with E-state index in [1.165, 1.54) is 36.7 Å². The van der Waals surface area contributed by atoms with Crippen LogP contribution >= 0.6 is 0 Å². The van der Waals surface area contributed by atoms with Gasteiger partial charge in [0.2, 0.25) is 0 Å². The molecule has 0 amide bonds. The highest BCUT2D eigenvalue weighted by Crippen LogP contribution is 2.23. The average molecular weight is 288 g/mol. The minimum Gasteiger partial charge on any atom is -0.435 e. The predicted molar refractivity (Wildman–Crippen MR) is 70.0 cm³/mol. The second-order valence-electron chi connectivity index (χ2n) is 4.12. The van der Waals surface area contributed by atoms with Gasteiger partial charge in [-0.05, 0) is 23.8 Å². The molecule has 6 heteroatoms. The smallest absolute Gasteiger partial charge is 0.387 e. The number of pyridine rings is 1. The summed E-state index contributed by atoms with van der Waals surface area (Å²) in [5.74, 6) is -1.66. The van der Waals surface area contributed by atoms with Gasteiger partial charge in [0.1, 0.15) is 11.7 Å². The van der Waals surface area contributed by atoms with E-state index < -0.39 is 18.3 Å². The third-order valence-corrected chi connectivity index (χ3v) is 2.75. The van der Waals surface area contributed by atoms with Gasteiger partial charge in [-0.1, -0.05) is 18.2 Å². The van der Waals surface area contributed by atoms with Crippen molar-refractivity contribution in [2.75, 3.05) is 0 Å². The van der Waals surface area contributed by atoms with Gasteiger partial charge in [0.05, 0.1) is 6.07 Å². The van der Waals surface area contributed by atoms with Crippen LogP contribution in [-0.4, -0.2) is 17.4 Å². The maximum Gasteiger partial charge on any atom is 0.387 e. The molecule has 21 heavy (non-hydrogen) atoms. The fourth-order valence-electron chi connectivity index (χ4n) is 1.82. The first-order valence-corrected chi connectivity index (χ1v) is 6.00. The summed E-state index contributed by atoms with van der Waals surface area (Å²) in [6.07, 6.45) is 2.95. The number of alkyl halides is 2. The van der Waals surface area contributed by atoms with E-state index in [0.717, 1.165) is 0 Å². The summed E-state index contributed by atoms with van der Waals surface area (Å²) in [5.41, 5.74) is 0.578. The normalized spacial score (nSPS) is 11.7. The number of carbonyl (C=O) groups is 1. The van der Waals surface area contributed by atoms with Gasteiger partial charge in [-0.2, -0.15) is 14.0 Å². The maximum atomic E-state index is 12.3. The molecule has 1 aromatic carbocycles. The third-order valence-electron chi connectivity index (χ3n) is 2.75. The zero-order valence-electron chi connectivity index (χ0n) is 10.7. The van der Waals surface area contributed by atoms with Crippen LogP contribution < -0.4 is 4.74 Å². The van der Waals surface area contributed by atoms with E-state index in [0.29, 0.717) is 5.56 Å². The number of carbonyl (C=O) groups excluding carboxylic acids is 1. The molecule has 2 aromatic rings. The monoisotopic (exact) mass is 288 g/mol. The van der Waals surface area contributed by atoms with Crippen molar-refractivity contribution in [3.05, 3.63) is 59.9 Å². The average Bonchev–Trinajstić information content (AvgIpc) is 2.48. The summed E-state index contributed by atoms with van der Waals surface area (Å²) in [6.45, 7) is -2.97. The fourth-order valence-corrected chi connectivity index (χ4v) is 1.82. The Balaban J connectivity index is 2.29. The minimum absolute atomic E-state index is 0.126. The zero-order valence-corrected chi connectivity index (χ0v) is 10.7. The lowest BCUT2D eigenvalue weighted by Gasteiger charge is -2.10. The largest absolute Gasteiger partial charge is 0.435 e. The van der Waals surface area contributed by atoms with E-state index in [2.05, 4.69) is 9.72 Å². The van der Waals surface area contributed by atoms with Crippen molar-refractivity contribution < 1.29 is 18.3 Å². The number of hydrogen-bond donors (Lipinski definition) is 0. The Morgan fingerprint density at radius 3 is 2.71 bits per heavy atom. The summed E-state index contributed by atoms with van der Waals surface area (Å²) in [7, 11) is 0. The quantitative estimate of drug-likeness (QED) is 0.793. The number of ether oxygens (including phenoxy) is 1. The van der Waals surface area contributed by atoms with Gasteiger partial charge in [0.25, 0.3) is 0 Å². The number of benzene rings is 1. The molecule has 1 atom stereocenters. The Morgan fingerprint density at radius 1 is 1.29 bits per heavy atom. The highest BCUT2D eigenvalue weighted by Gasteiger charge is 2.22. The molecule has 0 saturated carbocycles. The van der Waals surface area contributed by atoms with Crippen molar-refractivity contribution in [1.29, 1.82) is 5.26 Å². The van der Waals surface area contributed by atoms with E-state index in [1.807, 2.05) is 6.07 Å². The molecule has 1 aromatic heterocycles. The lowest BCUT2D eigenvalue weighted by Crippen LogP contribution is -2.12. The van der Waals surface area contributed by atoms with Gasteiger partial charge in [-0.15, -0.1) is 0 Å². The molecule has 2 rings (SSSR count). The highest BCUT2D eigenvalue weighted by atomic mass is 19.3. The van der Waals surface area contributed by atoms with Gasteiger partial charge in [-0.3, -0.25) is 9.78 Å². The number of halogens is 2. The second kappa shape index (κ2) is 6.57. The molecular weight excluding hydrogens is 278 g/mol. The molecule has 0 fully saturated rings. The minimum atomic E-state index is -2.97. The highest BCUT2D eigenvalue weighted by molar-refractivity contribution is 6.02. The van der Waals surface area contributed by atoms with Gasteiger partial charge in [-0.25, -0.2) is 0 Å². The number of ketones is 1. The molecule has 0 aliphatic carbocycles. The molecule has 0 N–H and O–H groups in total. The zero-order chi connectivity index (χ0) is 15.2. The first-order valence-electron chi connectivity index (χ1n) is 6.00. The van der Waals surface area contributed by atoms with Crippen LogP contribution in [0.25, 0.3) is 0 Å². The number of rotatable bonds is 5. The van der Waals surface area contributed by atoms with Gasteiger partial charge < -0.3 is 4.74 Å². The van der Waals surface area contributed by atoms with Crippen LogP contribution in [0.1, 0.15) is 21.8 Å². The number of nitriles is 1. The molecule has 0 saturated heterocycles. The molecule has 106 valence electrons. The van der Waals surface area contributed by atoms with E-state index in [1.54, 1.807) is 12.1 Å². The van der Waals surface area contributed by atoms with Crippen molar-refractivity contribution in [3.63, 3.8) is 0 Å². The lowest BCUT2D eigenvalue weighted by atomic mass is 9.93. The number of nitrogens with zero attached hydrogens (tertiary/aromatic N) is 2. The van der Waals surface area contributed by atoms with Crippen LogP contribution in [0.3, 0.4) is 0 Å². The second-order valence-corrected chi connectivity index (χ2v) is 4.12. The summed E-state index contributed by atoms with van der Waals surface area (Å²) in [4.78, 5) is 16.2. The fraction of sp³-hybridized carbons (Fsp3) is 0.133. The number of Topliss-reactive ketones (excluding diaryl/α,β-unsaturated/α-hetero) is 1. The Bertz CT molecular complexity index is 669. The van der Waals surface area contributed by atoms with E-state index >= 15 is 0 Å². The number of aromatic nitrogens is 1. The maximum absolute atomic E-state index is 12.3. The van der Waals surface area contributed by atoms with Gasteiger partial charge in [0.15, 0.2) is 5.78 Å². The van der Waals surface area contributed by atoms with E-state index in [9.17, 15) is 18.8 Å². The van der Waals surface area contributed by atoms with Crippen LogP contribution in [-0.2, 0) is 0 Å². The topological polar surface area (TPSA) is 63.0 Å². The Morgan fingerprint density at radius 2 is 2.10 bits per heavy atom. The Kier molecular flexibility index (Phi) is 4.57. The molecule has 0 aliphatic rings. The van der Waals surface area contributed by atoms with E-state index in [-0.39, 0.29) is 11.3 Å². The Labute approximate surface area is 119 Å². The summed E-state index contributed by atoms with van der Waals surface area (Å²) >= 11 is 0. The molecule has 0 bridgehead atoms. The molecule has 0 radical (unpaired) electrons. The summed E-state index contributed by atoms with van der Waals surface area (Å²) in [5, 5.41) is 9.18. The van der Waals surface area contributed by atoms with Crippen LogP contribution in [0.5, 0.6) is 5.75 Å². The molecular formula is C15H10F2N2O2. The lowest BCUT2D eigenvalue weighted by molar-refractivity contribution is -0.0498. The number of hydrogen-bond acceptors (Lipinski definition) is 4. The van der Waals surface area contributed by atoms with Crippen LogP contribution in [0, 0.1) is 11.3 Å². The van der Waals surface area contributed by atoms with Crippen molar-refractivity contribution in [2.24, 2.45) is 0 Å².